The van der Waals surface area contributed by atoms with E-state index in [4.69, 9.17) is 4.74 Å². The fourth-order valence-corrected chi connectivity index (χ4v) is 3.13. The van der Waals surface area contributed by atoms with Crippen molar-refractivity contribution in [2.75, 3.05) is 0 Å². The van der Waals surface area contributed by atoms with Crippen molar-refractivity contribution < 1.29 is 13.9 Å². The average Bonchev–Trinajstić information content (AvgIpc) is 2.84. The molecule has 0 heterocycles. The zero-order valence-electron chi connectivity index (χ0n) is 15.0. The van der Waals surface area contributed by atoms with Gasteiger partial charge in [0.1, 0.15) is 24.5 Å². The van der Waals surface area contributed by atoms with Gasteiger partial charge >= 0.3 is 0 Å². The fourth-order valence-electron chi connectivity index (χ4n) is 3.13. The molecule has 132 valence electrons. The molecule has 0 atom stereocenters. The van der Waals surface area contributed by atoms with Crippen LogP contribution in [0.3, 0.4) is 0 Å². The van der Waals surface area contributed by atoms with Crippen LogP contribution in [0.1, 0.15) is 23.1 Å². The highest BCUT2D eigenvalue weighted by Crippen LogP contribution is 2.29. The predicted molar refractivity (Wildman–Crippen MR) is 102 cm³/mol. The van der Waals surface area contributed by atoms with Crippen LogP contribution in [0, 0.1) is 19.7 Å². The predicted octanol–water partition coefficient (Wildman–Crippen LogP) is 5.60. The Bertz CT molecular complexity index is 900. The lowest BCUT2D eigenvalue weighted by molar-refractivity contribution is -0.104. The molecule has 0 amide bonds. The molecule has 0 fully saturated rings. The number of hydrogen-bond donors (Lipinski definition) is 0. The molecular weight excluding hydrogens is 327 g/mol. The molecule has 1 aliphatic rings. The normalized spacial score (nSPS) is 13.7. The lowest BCUT2D eigenvalue weighted by Crippen LogP contribution is -1.96. The molecule has 1 aliphatic carbocycles. The van der Waals surface area contributed by atoms with Crippen LogP contribution >= 0.6 is 0 Å². The van der Waals surface area contributed by atoms with Gasteiger partial charge in [-0.25, -0.2) is 4.39 Å². The maximum absolute atomic E-state index is 14.2. The molecule has 0 radical (unpaired) electrons. The third kappa shape index (κ3) is 4.17. The maximum atomic E-state index is 14.2. The van der Waals surface area contributed by atoms with Crippen molar-refractivity contribution in [2.45, 2.75) is 26.9 Å². The topological polar surface area (TPSA) is 26.3 Å². The van der Waals surface area contributed by atoms with E-state index in [2.05, 4.69) is 0 Å². The molecule has 2 nitrogen and oxygen atoms in total. The highest BCUT2D eigenvalue weighted by Gasteiger charge is 2.09. The summed E-state index contributed by atoms with van der Waals surface area (Å²) in [4.78, 5) is 10.8. The number of halogens is 1. The second-order valence-corrected chi connectivity index (χ2v) is 6.43. The summed E-state index contributed by atoms with van der Waals surface area (Å²) >= 11 is 0. The number of aldehydes is 1. The summed E-state index contributed by atoms with van der Waals surface area (Å²) in [6, 6.07) is 11.1. The van der Waals surface area contributed by atoms with Crippen molar-refractivity contribution >= 4 is 6.29 Å². The first-order chi connectivity index (χ1) is 12.6. The van der Waals surface area contributed by atoms with Gasteiger partial charge < -0.3 is 4.74 Å². The summed E-state index contributed by atoms with van der Waals surface area (Å²) in [5.74, 6) is 0.470. The third-order valence-corrected chi connectivity index (χ3v) is 4.38. The van der Waals surface area contributed by atoms with Gasteiger partial charge in [-0.1, -0.05) is 30.4 Å². The van der Waals surface area contributed by atoms with Gasteiger partial charge in [-0.15, -0.1) is 0 Å². The monoisotopic (exact) mass is 348 g/mol. The van der Waals surface area contributed by atoms with E-state index >= 15 is 0 Å². The number of rotatable bonds is 5. The van der Waals surface area contributed by atoms with Crippen molar-refractivity contribution in [3.05, 3.63) is 94.5 Å². The number of benzene rings is 2. The number of hydrogen-bond acceptors (Lipinski definition) is 2. The van der Waals surface area contributed by atoms with Crippen LogP contribution in [0.5, 0.6) is 0 Å². The van der Waals surface area contributed by atoms with E-state index in [1.54, 1.807) is 24.3 Å². The number of carbonyl (C=O) groups excluding carboxylic acids is 1. The Labute approximate surface area is 153 Å². The molecular formula is C23H21FO2. The van der Waals surface area contributed by atoms with E-state index < -0.39 is 0 Å². The van der Waals surface area contributed by atoms with Crippen molar-refractivity contribution in [1.82, 2.24) is 0 Å². The Morgan fingerprint density at radius 1 is 1.12 bits per heavy atom. The minimum atomic E-state index is -0.276. The van der Waals surface area contributed by atoms with Gasteiger partial charge in [0.05, 0.1) is 0 Å². The standard InChI is InChI=1S/C23H21FO2/c1-16-5-3-6-17(2)23(16)20-11-19(12-21(24)13-20)15-26-22-8-4-7-18(14-25)9-10-22/h3-7,9-14H,8,15H2,1-2H3. The molecule has 0 saturated carbocycles. The van der Waals surface area contributed by atoms with Crippen molar-refractivity contribution in [2.24, 2.45) is 0 Å². The van der Waals surface area contributed by atoms with Crippen LogP contribution in [-0.2, 0) is 16.1 Å². The van der Waals surface area contributed by atoms with Gasteiger partial charge in [0.2, 0.25) is 0 Å². The molecule has 0 aliphatic heterocycles. The zero-order chi connectivity index (χ0) is 18.5. The van der Waals surface area contributed by atoms with E-state index in [1.807, 2.05) is 44.2 Å². The Morgan fingerprint density at radius 3 is 2.62 bits per heavy atom. The minimum absolute atomic E-state index is 0.276. The molecule has 2 aromatic rings. The average molecular weight is 348 g/mol. The van der Waals surface area contributed by atoms with Crippen LogP contribution < -0.4 is 0 Å². The van der Waals surface area contributed by atoms with E-state index in [0.29, 0.717) is 12.0 Å². The van der Waals surface area contributed by atoms with Crippen LogP contribution in [0.4, 0.5) is 4.39 Å². The summed E-state index contributed by atoms with van der Waals surface area (Å²) in [6.45, 7) is 4.34. The Morgan fingerprint density at radius 2 is 1.88 bits per heavy atom. The third-order valence-electron chi connectivity index (χ3n) is 4.38. The Balaban J connectivity index is 1.83. The number of ether oxygens (including phenoxy) is 1. The smallest absolute Gasteiger partial charge is 0.150 e. The Hall–Kier alpha value is -2.94. The van der Waals surface area contributed by atoms with Gasteiger partial charge in [-0.3, -0.25) is 4.79 Å². The molecule has 0 aromatic heterocycles. The SMILES string of the molecule is Cc1cccc(C)c1-c1cc(F)cc(COC2=CC=C(C=O)C=CC2)c1. The second kappa shape index (κ2) is 7.96. The largest absolute Gasteiger partial charge is 0.493 e. The van der Waals surface area contributed by atoms with Crippen molar-refractivity contribution in [1.29, 1.82) is 0 Å². The first-order valence-electron chi connectivity index (χ1n) is 8.58. The molecule has 3 heteroatoms. The Kier molecular flexibility index (Phi) is 5.47. The van der Waals surface area contributed by atoms with Crippen molar-refractivity contribution in [3.63, 3.8) is 0 Å². The fraction of sp³-hybridized carbons (Fsp3) is 0.174. The summed E-state index contributed by atoms with van der Waals surface area (Å²) in [6.07, 6.45) is 8.56. The summed E-state index contributed by atoms with van der Waals surface area (Å²) in [7, 11) is 0. The van der Waals surface area contributed by atoms with Gasteiger partial charge in [-0.2, -0.15) is 0 Å². The van der Waals surface area contributed by atoms with Crippen LogP contribution in [0.2, 0.25) is 0 Å². The zero-order valence-corrected chi connectivity index (χ0v) is 15.0. The molecule has 0 unspecified atom stereocenters. The highest BCUT2D eigenvalue weighted by molar-refractivity contribution is 5.78. The van der Waals surface area contributed by atoms with E-state index in [-0.39, 0.29) is 12.4 Å². The van der Waals surface area contributed by atoms with Crippen LogP contribution in [0.25, 0.3) is 11.1 Å². The number of allylic oxidation sites excluding steroid dienone is 5. The second-order valence-electron chi connectivity index (χ2n) is 6.43. The van der Waals surface area contributed by atoms with E-state index in [0.717, 1.165) is 39.9 Å². The molecule has 2 aromatic carbocycles. The van der Waals surface area contributed by atoms with Crippen molar-refractivity contribution in [3.8, 4) is 11.1 Å². The van der Waals surface area contributed by atoms with E-state index in [9.17, 15) is 9.18 Å². The van der Waals surface area contributed by atoms with E-state index in [1.165, 1.54) is 6.07 Å². The lowest BCUT2D eigenvalue weighted by Gasteiger charge is -2.13. The molecule has 0 saturated heterocycles. The molecule has 26 heavy (non-hydrogen) atoms. The first-order valence-corrected chi connectivity index (χ1v) is 8.58. The van der Waals surface area contributed by atoms with Gasteiger partial charge in [0.15, 0.2) is 0 Å². The summed E-state index contributed by atoms with van der Waals surface area (Å²) in [5.41, 5.74) is 5.53. The van der Waals surface area contributed by atoms with Gasteiger partial charge in [0.25, 0.3) is 0 Å². The maximum Gasteiger partial charge on any atom is 0.150 e. The van der Waals surface area contributed by atoms with Gasteiger partial charge in [-0.05, 0) is 72.0 Å². The first kappa shape index (κ1) is 17.9. The molecule has 0 bridgehead atoms. The quantitative estimate of drug-likeness (QED) is 0.658. The summed E-state index contributed by atoms with van der Waals surface area (Å²) in [5, 5.41) is 0. The molecule has 0 N–H and O–H groups in total. The van der Waals surface area contributed by atoms with Crippen LogP contribution in [0.15, 0.2) is 72.0 Å². The van der Waals surface area contributed by atoms with Crippen LogP contribution in [-0.4, -0.2) is 6.29 Å². The molecule has 3 rings (SSSR count). The molecule has 0 spiro atoms. The number of carbonyl (C=O) groups is 1. The van der Waals surface area contributed by atoms with Gasteiger partial charge in [0, 0.05) is 12.0 Å². The minimum Gasteiger partial charge on any atom is -0.493 e. The highest BCUT2D eigenvalue weighted by atomic mass is 19.1. The summed E-state index contributed by atoms with van der Waals surface area (Å²) < 4.78 is 20.0. The lowest BCUT2D eigenvalue weighted by atomic mass is 9.94. The number of aryl methyl sites for hydroxylation is 2.